The number of ether oxygens (including phenoxy) is 2. The minimum atomic E-state index is -3.16. The maximum absolute atomic E-state index is 12.3. The quantitative estimate of drug-likeness (QED) is 0.805. The maximum Gasteiger partial charge on any atom is 0.315 e. The van der Waals surface area contributed by atoms with Crippen LogP contribution in [0, 0.1) is 0 Å². The smallest absolute Gasteiger partial charge is 0.315 e. The Morgan fingerprint density at radius 2 is 1.85 bits per heavy atom. The molecule has 0 bridgehead atoms. The Kier molecular flexibility index (Phi) is 6.11. The van der Waals surface area contributed by atoms with Crippen molar-refractivity contribution in [2.45, 2.75) is 38.3 Å². The van der Waals surface area contributed by atoms with Crippen LogP contribution < -0.4 is 20.1 Å². The van der Waals surface area contributed by atoms with E-state index in [-0.39, 0.29) is 18.1 Å². The third-order valence-electron chi connectivity index (χ3n) is 4.88. The Balaban J connectivity index is 1.52. The van der Waals surface area contributed by atoms with E-state index >= 15 is 0 Å². The zero-order valence-electron chi connectivity index (χ0n) is 15.7. The first-order valence-electron chi connectivity index (χ1n) is 9.24. The molecule has 9 heteroatoms. The van der Waals surface area contributed by atoms with E-state index in [1.54, 1.807) is 0 Å². The number of carbonyl (C=O) groups is 1. The molecule has 1 atom stereocenters. The molecule has 1 unspecified atom stereocenters. The SMILES string of the molecule is CC(NC(=O)NC1CCN(S(C)(=O)=O)CC1)c1ccc2c(c1)OCCCO2. The predicted octanol–water partition coefficient (Wildman–Crippen LogP) is 1.63. The van der Waals surface area contributed by atoms with Crippen molar-refractivity contribution in [2.75, 3.05) is 32.6 Å². The fraction of sp³-hybridized carbons (Fsp3) is 0.611. The van der Waals surface area contributed by atoms with Crippen LogP contribution in [0.2, 0.25) is 0 Å². The lowest BCUT2D eigenvalue weighted by atomic mass is 10.1. The van der Waals surface area contributed by atoms with Gasteiger partial charge in [0.1, 0.15) is 0 Å². The van der Waals surface area contributed by atoms with Gasteiger partial charge in [-0.3, -0.25) is 0 Å². The molecule has 1 fully saturated rings. The van der Waals surface area contributed by atoms with Crippen LogP contribution in [0.5, 0.6) is 11.5 Å². The Morgan fingerprint density at radius 1 is 1.19 bits per heavy atom. The number of piperidine rings is 1. The summed E-state index contributed by atoms with van der Waals surface area (Å²) in [6.07, 6.45) is 3.28. The lowest BCUT2D eigenvalue weighted by molar-refractivity contribution is 0.225. The lowest BCUT2D eigenvalue weighted by Crippen LogP contribution is -2.49. The Hall–Kier alpha value is -2.00. The van der Waals surface area contributed by atoms with Crippen molar-refractivity contribution in [1.82, 2.24) is 14.9 Å². The molecule has 0 radical (unpaired) electrons. The van der Waals surface area contributed by atoms with Gasteiger partial charge >= 0.3 is 6.03 Å². The van der Waals surface area contributed by atoms with Crippen molar-refractivity contribution < 1.29 is 22.7 Å². The number of nitrogens with one attached hydrogen (secondary N) is 2. The van der Waals surface area contributed by atoms with Gasteiger partial charge in [0.05, 0.1) is 25.5 Å². The number of nitrogens with zero attached hydrogens (tertiary/aromatic N) is 1. The minimum absolute atomic E-state index is 0.0287. The second-order valence-corrected chi connectivity index (χ2v) is 9.01. The summed E-state index contributed by atoms with van der Waals surface area (Å²) < 4.78 is 35.9. The molecule has 8 nitrogen and oxygen atoms in total. The van der Waals surface area contributed by atoms with Gasteiger partial charge in [0.25, 0.3) is 0 Å². The van der Waals surface area contributed by atoms with Crippen LogP contribution in [0.4, 0.5) is 4.79 Å². The average Bonchev–Trinajstić information content (AvgIpc) is 2.86. The van der Waals surface area contributed by atoms with Gasteiger partial charge in [-0.2, -0.15) is 0 Å². The van der Waals surface area contributed by atoms with E-state index < -0.39 is 10.0 Å². The summed E-state index contributed by atoms with van der Waals surface area (Å²) in [6.45, 7) is 4.03. The molecular formula is C18H27N3O5S. The number of amides is 2. The van der Waals surface area contributed by atoms with Crippen LogP contribution in [0.25, 0.3) is 0 Å². The molecule has 2 aliphatic rings. The zero-order valence-corrected chi connectivity index (χ0v) is 16.5. The van der Waals surface area contributed by atoms with E-state index in [0.717, 1.165) is 17.7 Å². The van der Waals surface area contributed by atoms with Crippen LogP contribution in [0.1, 0.15) is 37.8 Å². The first-order valence-corrected chi connectivity index (χ1v) is 11.1. The molecule has 1 aromatic carbocycles. The fourth-order valence-electron chi connectivity index (χ4n) is 3.29. The highest BCUT2D eigenvalue weighted by Gasteiger charge is 2.26. The summed E-state index contributed by atoms with van der Waals surface area (Å²) in [7, 11) is -3.16. The highest BCUT2D eigenvalue weighted by atomic mass is 32.2. The number of fused-ring (bicyclic) bond motifs is 1. The number of hydrogen-bond donors (Lipinski definition) is 2. The lowest BCUT2D eigenvalue weighted by Gasteiger charge is -2.31. The van der Waals surface area contributed by atoms with Crippen LogP contribution in [-0.4, -0.2) is 57.4 Å². The summed E-state index contributed by atoms with van der Waals surface area (Å²) in [5, 5.41) is 5.87. The molecular weight excluding hydrogens is 370 g/mol. The van der Waals surface area contributed by atoms with E-state index in [2.05, 4.69) is 10.6 Å². The van der Waals surface area contributed by atoms with Gasteiger partial charge in [-0.05, 0) is 37.5 Å². The molecule has 0 aromatic heterocycles. The van der Waals surface area contributed by atoms with Crippen molar-refractivity contribution in [3.8, 4) is 11.5 Å². The largest absolute Gasteiger partial charge is 0.490 e. The minimum Gasteiger partial charge on any atom is -0.490 e. The van der Waals surface area contributed by atoms with Crippen LogP contribution in [0.3, 0.4) is 0 Å². The predicted molar refractivity (Wildman–Crippen MR) is 102 cm³/mol. The summed E-state index contributed by atoms with van der Waals surface area (Å²) in [5.74, 6) is 1.43. The maximum atomic E-state index is 12.3. The van der Waals surface area contributed by atoms with Gasteiger partial charge in [-0.15, -0.1) is 0 Å². The van der Waals surface area contributed by atoms with Gasteiger partial charge in [0.2, 0.25) is 10.0 Å². The Morgan fingerprint density at radius 3 is 2.52 bits per heavy atom. The highest BCUT2D eigenvalue weighted by Crippen LogP contribution is 2.32. The van der Waals surface area contributed by atoms with Crippen LogP contribution in [0.15, 0.2) is 18.2 Å². The van der Waals surface area contributed by atoms with E-state index in [9.17, 15) is 13.2 Å². The molecule has 2 heterocycles. The molecule has 1 aromatic rings. The molecule has 0 spiro atoms. The standard InChI is InChI=1S/C18H27N3O5S/c1-13(14-4-5-16-17(12-14)26-11-3-10-25-16)19-18(22)20-15-6-8-21(9-7-15)27(2,23)24/h4-5,12-13,15H,3,6-11H2,1-2H3,(H2,19,20,22). The molecule has 1 saturated heterocycles. The van der Waals surface area contributed by atoms with Crippen LogP contribution in [-0.2, 0) is 10.0 Å². The van der Waals surface area contributed by atoms with Gasteiger partial charge in [-0.1, -0.05) is 6.07 Å². The summed E-state index contributed by atoms with van der Waals surface area (Å²) in [4.78, 5) is 12.3. The van der Waals surface area contributed by atoms with Gasteiger partial charge in [0, 0.05) is 25.6 Å². The molecule has 2 amide bonds. The number of rotatable bonds is 4. The van der Waals surface area contributed by atoms with Gasteiger partial charge in [0.15, 0.2) is 11.5 Å². The average molecular weight is 397 g/mol. The van der Waals surface area contributed by atoms with Crippen molar-refractivity contribution in [3.63, 3.8) is 0 Å². The molecule has 0 aliphatic carbocycles. The normalized spacial score (nSPS) is 19.8. The first kappa shape index (κ1) is 19.8. The van der Waals surface area contributed by atoms with Crippen molar-refractivity contribution >= 4 is 16.1 Å². The zero-order chi connectivity index (χ0) is 19.4. The molecule has 0 saturated carbocycles. The third kappa shape index (κ3) is 5.26. The molecule has 3 rings (SSSR count). The monoisotopic (exact) mass is 397 g/mol. The van der Waals surface area contributed by atoms with E-state index in [1.807, 2.05) is 25.1 Å². The van der Waals surface area contributed by atoms with Crippen molar-refractivity contribution in [1.29, 1.82) is 0 Å². The number of sulfonamides is 1. The topological polar surface area (TPSA) is 97.0 Å². The summed E-state index contributed by atoms with van der Waals surface area (Å²) in [5.41, 5.74) is 0.932. The van der Waals surface area contributed by atoms with Crippen molar-refractivity contribution in [2.24, 2.45) is 0 Å². The molecule has 2 N–H and O–H groups in total. The van der Waals surface area contributed by atoms with Gasteiger partial charge < -0.3 is 20.1 Å². The summed E-state index contributed by atoms with van der Waals surface area (Å²) >= 11 is 0. The number of carbonyl (C=O) groups excluding carboxylic acids is 1. The van der Waals surface area contributed by atoms with E-state index in [1.165, 1.54) is 10.6 Å². The third-order valence-corrected chi connectivity index (χ3v) is 6.18. The van der Waals surface area contributed by atoms with E-state index in [4.69, 9.17) is 9.47 Å². The second kappa shape index (κ2) is 8.35. The number of urea groups is 1. The molecule has 27 heavy (non-hydrogen) atoms. The highest BCUT2D eigenvalue weighted by molar-refractivity contribution is 7.88. The van der Waals surface area contributed by atoms with Crippen molar-refractivity contribution in [3.05, 3.63) is 23.8 Å². The Bertz CT molecular complexity index is 775. The van der Waals surface area contributed by atoms with E-state index in [0.29, 0.717) is 44.9 Å². The Labute approximate surface area is 160 Å². The van der Waals surface area contributed by atoms with Crippen LogP contribution >= 0.6 is 0 Å². The molecule has 150 valence electrons. The second-order valence-electron chi connectivity index (χ2n) is 7.03. The first-order chi connectivity index (χ1) is 12.8. The summed E-state index contributed by atoms with van der Waals surface area (Å²) in [6, 6.07) is 5.20. The molecule has 2 aliphatic heterocycles. The number of hydrogen-bond acceptors (Lipinski definition) is 5. The van der Waals surface area contributed by atoms with Gasteiger partial charge in [-0.25, -0.2) is 17.5 Å². The number of benzene rings is 1. The fourth-order valence-corrected chi connectivity index (χ4v) is 4.16.